The molecule has 204 valence electrons. The van der Waals surface area contributed by atoms with Crippen molar-refractivity contribution in [2.24, 2.45) is 5.10 Å². The summed E-state index contributed by atoms with van der Waals surface area (Å²) in [4.78, 5) is 30.2. The first-order chi connectivity index (χ1) is 19.2. The fourth-order valence-corrected chi connectivity index (χ4v) is 4.78. The molecule has 0 radical (unpaired) electrons. The molecule has 0 aliphatic rings. The smallest absolute Gasteiger partial charge is 0.344 e. The van der Waals surface area contributed by atoms with Gasteiger partial charge in [-0.3, -0.25) is 4.79 Å². The molecular weight excluding hydrogens is 602 g/mol. The van der Waals surface area contributed by atoms with Gasteiger partial charge in [-0.05, 0) is 83.9 Å². The second-order valence-electron chi connectivity index (χ2n) is 8.97. The number of para-hydroxylation sites is 1. The zero-order chi connectivity index (χ0) is 28.4. The number of nitrogens with zero attached hydrogens (tertiary/aromatic N) is 3. The Balaban J connectivity index is 1.55. The fraction of sp³-hybridized carbons (Fsp3) is 0.172. The van der Waals surface area contributed by atoms with Crippen LogP contribution in [0.5, 0.6) is 11.5 Å². The Kier molecular flexibility index (Phi) is 7.90. The van der Waals surface area contributed by atoms with Gasteiger partial charge in [0.25, 0.3) is 5.56 Å². The molecule has 0 saturated heterocycles. The predicted molar refractivity (Wildman–Crippen MR) is 157 cm³/mol. The molecule has 2 heterocycles. The predicted octanol–water partition coefficient (Wildman–Crippen LogP) is 6.45. The molecule has 0 unspecified atom stereocenters. The van der Waals surface area contributed by atoms with Crippen LogP contribution in [0.1, 0.15) is 19.4 Å². The van der Waals surface area contributed by atoms with Crippen LogP contribution in [0, 0.1) is 0 Å². The second-order valence-corrected chi connectivity index (χ2v) is 10.3. The Hall–Kier alpha value is -4.15. The SMILES string of the molecule is COc1cc(C=Nn2c(-c3cc4cc(Cl)ccc4o3)nc3ccccc3c2=O)cc(Br)c1OCC(=O)OC(C)C. The molecule has 0 spiro atoms. The molecule has 9 nitrogen and oxygen atoms in total. The Morgan fingerprint density at radius 2 is 1.98 bits per heavy atom. The quantitative estimate of drug-likeness (QED) is 0.144. The van der Waals surface area contributed by atoms with Crippen LogP contribution in [0.25, 0.3) is 33.5 Å². The van der Waals surface area contributed by atoms with Gasteiger partial charge in [0, 0.05) is 10.4 Å². The van der Waals surface area contributed by atoms with E-state index in [1.54, 1.807) is 74.5 Å². The lowest BCUT2D eigenvalue weighted by Gasteiger charge is -2.14. The number of furan rings is 1. The van der Waals surface area contributed by atoms with Crippen LogP contribution in [0.3, 0.4) is 0 Å². The number of methoxy groups -OCH3 is 1. The van der Waals surface area contributed by atoms with E-state index in [0.717, 1.165) is 5.39 Å². The Labute approximate surface area is 242 Å². The third-order valence-electron chi connectivity index (χ3n) is 5.73. The van der Waals surface area contributed by atoms with Gasteiger partial charge in [0.1, 0.15) is 5.58 Å². The summed E-state index contributed by atoms with van der Waals surface area (Å²) in [5.41, 5.74) is 1.32. The van der Waals surface area contributed by atoms with Gasteiger partial charge in [-0.25, -0.2) is 9.78 Å². The molecule has 40 heavy (non-hydrogen) atoms. The van der Waals surface area contributed by atoms with Gasteiger partial charge in [0.05, 0.1) is 34.8 Å². The van der Waals surface area contributed by atoms with Crippen molar-refractivity contribution in [1.29, 1.82) is 0 Å². The number of halogens is 2. The number of hydrogen-bond donors (Lipinski definition) is 0. The van der Waals surface area contributed by atoms with Crippen molar-refractivity contribution >= 4 is 61.6 Å². The van der Waals surface area contributed by atoms with E-state index in [2.05, 4.69) is 26.0 Å². The van der Waals surface area contributed by atoms with Gasteiger partial charge in [-0.2, -0.15) is 9.78 Å². The van der Waals surface area contributed by atoms with E-state index in [4.69, 9.17) is 30.2 Å². The summed E-state index contributed by atoms with van der Waals surface area (Å²) in [5.74, 6) is 0.756. The summed E-state index contributed by atoms with van der Waals surface area (Å²) < 4.78 is 24.0. The maximum Gasteiger partial charge on any atom is 0.344 e. The van der Waals surface area contributed by atoms with Crippen molar-refractivity contribution in [1.82, 2.24) is 9.66 Å². The van der Waals surface area contributed by atoms with E-state index in [-0.39, 0.29) is 24.1 Å². The zero-order valence-corrected chi connectivity index (χ0v) is 24.0. The minimum atomic E-state index is -0.502. The summed E-state index contributed by atoms with van der Waals surface area (Å²) in [6.07, 6.45) is 1.24. The number of carbonyl (C=O) groups is 1. The number of esters is 1. The fourth-order valence-electron chi connectivity index (χ4n) is 4.02. The van der Waals surface area contributed by atoms with Gasteiger partial charge in [-0.1, -0.05) is 23.7 Å². The monoisotopic (exact) mass is 623 g/mol. The summed E-state index contributed by atoms with van der Waals surface area (Å²) >= 11 is 9.61. The number of benzene rings is 3. The highest BCUT2D eigenvalue weighted by Crippen LogP contribution is 2.36. The summed E-state index contributed by atoms with van der Waals surface area (Å²) in [5, 5.41) is 6.21. The first-order valence-electron chi connectivity index (χ1n) is 12.2. The van der Waals surface area contributed by atoms with Crippen LogP contribution in [0.4, 0.5) is 0 Å². The highest BCUT2D eigenvalue weighted by molar-refractivity contribution is 9.10. The molecule has 0 fully saturated rings. The van der Waals surface area contributed by atoms with Crippen molar-refractivity contribution in [2.75, 3.05) is 13.7 Å². The molecule has 0 bridgehead atoms. The highest BCUT2D eigenvalue weighted by atomic mass is 79.9. The van der Waals surface area contributed by atoms with E-state index in [9.17, 15) is 9.59 Å². The average molecular weight is 625 g/mol. The third kappa shape index (κ3) is 5.73. The minimum absolute atomic E-state index is 0.224. The van der Waals surface area contributed by atoms with Gasteiger partial charge < -0.3 is 18.6 Å². The van der Waals surface area contributed by atoms with E-state index in [1.807, 2.05) is 0 Å². The number of aromatic nitrogens is 2. The van der Waals surface area contributed by atoms with Crippen molar-refractivity contribution < 1.29 is 23.4 Å². The van der Waals surface area contributed by atoms with Crippen molar-refractivity contribution in [2.45, 2.75) is 20.0 Å². The zero-order valence-electron chi connectivity index (χ0n) is 21.7. The first-order valence-corrected chi connectivity index (χ1v) is 13.4. The Bertz CT molecular complexity index is 1830. The van der Waals surface area contributed by atoms with Crippen molar-refractivity contribution in [3.05, 3.63) is 86.1 Å². The number of fused-ring (bicyclic) bond motifs is 2. The van der Waals surface area contributed by atoms with Gasteiger partial charge >= 0.3 is 5.97 Å². The second kappa shape index (κ2) is 11.5. The van der Waals surface area contributed by atoms with Crippen molar-refractivity contribution in [3.8, 4) is 23.1 Å². The van der Waals surface area contributed by atoms with Crippen LogP contribution in [-0.2, 0) is 9.53 Å². The van der Waals surface area contributed by atoms with Gasteiger partial charge in [-0.15, -0.1) is 0 Å². The van der Waals surface area contributed by atoms with Crippen molar-refractivity contribution in [3.63, 3.8) is 0 Å². The Morgan fingerprint density at radius 3 is 2.75 bits per heavy atom. The van der Waals surface area contributed by atoms with E-state index in [0.29, 0.717) is 48.8 Å². The standard InChI is InChI=1S/C29H23BrClN3O6/c1-16(2)39-26(35)15-38-27-21(30)10-17(11-24(27)37-3)14-32-34-28(33-22-7-5-4-6-20(22)29(34)36)25-13-18-12-19(31)8-9-23(18)40-25/h4-14,16H,15H2,1-3H3. The van der Waals surface area contributed by atoms with E-state index in [1.165, 1.54) is 18.0 Å². The largest absolute Gasteiger partial charge is 0.493 e. The van der Waals surface area contributed by atoms with Crippen LogP contribution in [0.2, 0.25) is 5.02 Å². The molecule has 0 amide bonds. The molecule has 5 aromatic rings. The summed E-state index contributed by atoms with van der Waals surface area (Å²) in [7, 11) is 1.48. The topological polar surface area (TPSA) is 105 Å². The average Bonchev–Trinajstić information content (AvgIpc) is 3.34. The molecule has 0 aliphatic heterocycles. The van der Waals surface area contributed by atoms with Gasteiger partial charge in [0.2, 0.25) is 5.82 Å². The highest BCUT2D eigenvalue weighted by Gasteiger charge is 2.18. The Morgan fingerprint density at radius 1 is 1.18 bits per heavy atom. The van der Waals surface area contributed by atoms with Crippen LogP contribution in [-0.4, -0.2) is 41.7 Å². The third-order valence-corrected chi connectivity index (χ3v) is 6.55. The lowest BCUT2D eigenvalue weighted by Crippen LogP contribution is -2.20. The lowest BCUT2D eigenvalue weighted by molar-refractivity contribution is -0.149. The molecule has 0 N–H and O–H groups in total. The molecule has 5 rings (SSSR count). The lowest BCUT2D eigenvalue weighted by atomic mass is 10.2. The molecule has 0 saturated carbocycles. The number of rotatable bonds is 8. The number of hydrogen-bond acceptors (Lipinski definition) is 8. The van der Waals surface area contributed by atoms with Crippen LogP contribution < -0.4 is 15.0 Å². The maximum atomic E-state index is 13.5. The minimum Gasteiger partial charge on any atom is -0.493 e. The molecule has 0 atom stereocenters. The molecule has 3 aromatic carbocycles. The maximum absolute atomic E-state index is 13.5. The summed E-state index contributed by atoms with van der Waals surface area (Å²) in [6, 6.07) is 17.4. The van der Waals surface area contributed by atoms with Crippen LogP contribution in [0.15, 0.2) is 79.4 Å². The molecule has 0 aliphatic carbocycles. The van der Waals surface area contributed by atoms with E-state index < -0.39 is 5.97 Å². The number of ether oxygens (including phenoxy) is 3. The van der Waals surface area contributed by atoms with Crippen LogP contribution >= 0.6 is 27.5 Å². The number of carbonyl (C=O) groups excluding carboxylic acids is 1. The summed E-state index contributed by atoms with van der Waals surface area (Å²) in [6.45, 7) is 3.23. The van der Waals surface area contributed by atoms with Gasteiger partial charge in [0.15, 0.2) is 23.9 Å². The molecule has 11 heteroatoms. The molecular formula is C29H23BrClN3O6. The first kappa shape index (κ1) is 27.4. The molecule has 2 aromatic heterocycles. The normalized spacial score (nSPS) is 11.6. The van der Waals surface area contributed by atoms with E-state index >= 15 is 0 Å².